The van der Waals surface area contributed by atoms with Crippen LogP contribution in [0.4, 0.5) is 11.4 Å². The predicted octanol–water partition coefficient (Wildman–Crippen LogP) is 2.22. The molecule has 0 saturated heterocycles. The summed E-state index contributed by atoms with van der Waals surface area (Å²) in [6.45, 7) is 2.17. The zero-order chi connectivity index (χ0) is 17.6. The van der Waals surface area contributed by atoms with Crippen molar-refractivity contribution in [2.75, 3.05) is 23.4 Å². The minimum atomic E-state index is -0.294. The third kappa shape index (κ3) is 2.44. The average Bonchev–Trinajstić information content (AvgIpc) is 3.08. The second-order valence-corrected chi connectivity index (χ2v) is 6.23. The number of carbonyl (C=O) groups excluding carboxylic acids is 2. The van der Waals surface area contributed by atoms with Crippen molar-refractivity contribution < 1.29 is 9.59 Å². The summed E-state index contributed by atoms with van der Waals surface area (Å²) in [5, 5.41) is 10.6. The van der Waals surface area contributed by atoms with Gasteiger partial charge in [-0.3, -0.25) is 9.59 Å². The number of anilines is 2. The van der Waals surface area contributed by atoms with Crippen molar-refractivity contribution in [3.8, 4) is 0 Å². The summed E-state index contributed by atoms with van der Waals surface area (Å²) in [6.07, 6.45) is 0. The number of benzene rings is 2. The summed E-state index contributed by atoms with van der Waals surface area (Å²) in [6, 6.07) is 12.7. The maximum atomic E-state index is 13.2. The van der Waals surface area contributed by atoms with Crippen LogP contribution in [-0.4, -0.2) is 40.8 Å². The second kappa shape index (κ2) is 5.70. The van der Waals surface area contributed by atoms with Gasteiger partial charge in [-0.25, -0.2) is 0 Å². The molecule has 4 rings (SSSR count). The molecule has 3 aromatic rings. The van der Waals surface area contributed by atoms with E-state index in [1.165, 1.54) is 0 Å². The number of hydrogen-bond donors (Lipinski definition) is 1. The third-order valence-corrected chi connectivity index (χ3v) is 4.55. The molecule has 1 aliphatic heterocycles. The first-order valence-electron chi connectivity index (χ1n) is 8.05. The van der Waals surface area contributed by atoms with Gasteiger partial charge in [0.2, 0.25) is 5.91 Å². The molecule has 7 nitrogen and oxygen atoms in total. The van der Waals surface area contributed by atoms with Gasteiger partial charge in [-0.05, 0) is 30.3 Å². The first-order valence-corrected chi connectivity index (χ1v) is 8.05. The van der Waals surface area contributed by atoms with Gasteiger partial charge in [-0.2, -0.15) is 15.4 Å². The molecule has 0 fully saturated rings. The lowest BCUT2D eigenvalue weighted by atomic mass is 10.1. The zero-order valence-corrected chi connectivity index (χ0v) is 13.9. The molecule has 1 unspecified atom stereocenters. The van der Waals surface area contributed by atoms with Crippen LogP contribution in [-0.2, 0) is 4.79 Å². The third-order valence-electron chi connectivity index (χ3n) is 4.55. The van der Waals surface area contributed by atoms with Crippen LogP contribution < -0.4 is 9.80 Å². The molecule has 126 valence electrons. The first kappa shape index (κ1) is 15.3. The van der Waals surface area contributed by atoms with Gasteiger partial charge in [0.15, 0.2) is 0 Å². The fourth-order valence-electron chi connectivity index (χ4n) is 3.20. The number of para-hydroxylation sites is 2. The summed E-state index contributed by atoms with van der Waals surface area (Å²) in [5.74, 6) is -0.459. The standard InChI is InChI=1S/C18H17N5O2/c1-11-10-23(16-6-4-3-5-15(16)22(2)17(11)24)18(25)12-7-8-13-14(9-12)20-21-19-13/h3-9,11H,10H2,1-2H3,(H,19,20,21). The Morgan fingerprint density at radius 2 is 1.84 bits per heavy atom. The summed E-state index contributed by atoms with van der Waals surface area (Å²) >= 11 is 0. The Hall–Kier alpha value is -3.22. The Morgan fingerprint density at radius 3 is 2.64 bits per heavy atom. The Morgan fingerprint density at radius 1 is 1.12 bits per heavy atom. The van der Waals surface area contributed by atoms with E-state index in [4.69, 9.17) is 0 Å². The van der Waals surface area contributed by atoms with E-state index in [-0.39, 0.29) is 17.7 Å². The van der Waals surface area contributed by atoms with E-state index in [1.807, 2.05) is 31.2 Å². The number of hydrogen-bond acceptors (Lipinski definition) is 4. The molecule has 1 aromatic heterocycles. The normalized spacial score (nSPS) is 17.5. The molecule has 25 heavy (non-hydrogen) atoms. The topological polar surface area (TPSA) is 82.2 Å². The molecule has 0 radical (unpaired) electrons. The van der Waals surface area contributed by atoms with Crippen LogP contribution in [0.1, 0.15) is 17.3 Å². The summed E-state index contributed by atoms with van der Waals surface area (Å²) in [4.78, 5) is 29.0. The van der Waals surface area contributed by atoms with Gasteiger partial charge < -0.3 is 9.80 Å². The maximum Gasteiger partial charge on any atom is 0.258 e. The van der Waals surface area contributed by atoms with Crippen molar-refractivity contribution in [3.05, 3.63) is 48.0 Å². The largest absolute Gasteiger partial charge is 0.313 e. The van der Waals surface area contributed by atoms with E-state index in [0.29, 0.717) is 23.1 Å². The number of amides is 2. The van der Waals surface area contributed by atoms with E-state index in [9.17, 15) is 9.59 Å². The average molecular weight is 335 g/mol. The van der Waals surface area contributed by atoms with Crippen LogP contribution in [0.3, 0.4) is 0 Å². The number of nitrogens with one attached hydrogen (secondary N) is 1. The van der Waals surface area contributed by atoms with E-state index >= 15 is 0 Å². The van der Waals surface area contributed by atoms with Gasteiger partial charge in [0.25, 0.3) is 5.91 Å². The van der Waals surface area contributed by atoms with Crippen molar-refractivity contribution in [3.63, 3.8) is 0 Å². The minimum absolute atomic E-state index is 0.00490. The number of rotatable bonds is 1. The molecule has 0 aliphatic carbocycles. The summed E-state index contributed by atoms with van der Waals surface area (Å²) in [7, 11) is 1.74. The minimum Gasteiger partial charge on any atom is -0.313 e. The van der Waals surface area contributed by atoms with Crippen LogP contribution in [0.5, 0.6) is 0 Å². The first-order chi connectivity index (χ1) is 12.1. The number of aromatic amines is 1. The van der Waals surface area contributed by atoms with Gasteiger partial charge >= 0.3 is 0 Å². The highest BCUT2D eigenvalue weighted by Gasteiger charge is 2.32. The van der Waals surface area contributed by atoms with Gasteiger partial charge in [0.05, 0.1) is 17.3 Å². The second-order valence-electron chi connectivity index (χ2n) is 6.23. The lowest BCUT2D eigenvalue weighted by Gasteiger charge is -2.24. The molecule has 1 N–H and O–H groups in total. The number of H-pyrrole nitrogens is 1. The molecule has 0 bridgehead atoms. The van der Waals surface area contributed by atoms with Crippen molar-refractivity contribution in [1.82, 2.24) is 15.4 Å². The maximum absolute atomic E-state index is 13.2. The summed E-state index contributed by atoms with van der Waals surface area (Å²) < 4.78 is 0. The number of carbonyl (C=O) groups is 2. The number of aromatic nitrogens is 3. The smallest absolute Gasteiger partial charge is 0.258 e. The fourth-order valence-corrected chi connectivity index (χ4v) is 3.20. The molecule has 7 heteroatoms. The number of nitrogens with zero attached hydrogens (tertiary/aromatic N) is 4. The van der Waals surface area contributed by atoms with Crippen molar-refractivity contribution in [2.45, 2.75) is 6.92 Å². The highest BCUT2D eigenvalue weighted by atomic mass is 16.2. The molecule has 2 heterocycles. The van der Waals surface area contributed by atoms with E-state index in [1.54, 1.807) is 35.0 Å². The molecule has 2 amide bonds. The van der Waals surface area contributed by atoms with Crippen molar-refractivity contribution in [2.24, 2.45) is 5.92 Å². The van der Waals surface area contributed by atoms with E-state index < -0.39 is 0 Å². The predicted molar refractivity (Wildman–Crippen MR) is 94.6 cm³/mol. The Bertz CT molecular complexity index is 980. The Balaban J connectivity index is 1.81. The van der Waals surface area contributed by atoms with Crippen LogP contribution in [0, 0.1) is 5.92 Å². The highest BCUT2D eigenvalue weighted by Crippen LogP contribution is 2.34. The molecule has 0 saturated carbocycles. The summed E-state index contributed by atoms with van der Waals surface area (Å²) in [5.41, 5.74) is 3.31. The Labute approximate surface area is 144 Å². The molecule has 2 aromatic carbocycles. The lowest BCUT2D eigenvalue weighted by molar-refractivity contribution is -0.121. The SMILES string of the molecule is CC1CN(C(=O)c2ccc3n[nH]nc3c2)c2ccccc2N(C)C1=O. The van der Waals surface area contributed by atoms with Gasteiger partial charge in [-0.15, -0.1) is 0 Å². The molecular formula is C18H17N5O2. The van der Waals surface area contributed by atoms with Gasteiger partial charge in [-0.1, -0.05) is 19.1 Å². The van der Waals surface area contributed by atoms with Crippen LogP contribution in [0.2, 0.25) is 0 Å². The fraction of sp³-hybridized carbons (Fsp3) is 0.222. The monoisotopic (exact) mass is 335 g/mol. The van der Waals surface area contributed by atoms with Crippen LogP contribution >= 0.6 is 0 Å². The van der Waals surface area contributed by atoms with Gasteiger partial charge in [0.1, 0.15) is 11.0 Å². The number of fused-ring (bicyclic) bond motifs is 2. The highest BCUT2D eigenvalue weighted by molar-refractivity contribution is 6.12. The van der Waals surface area contributed by atoms with Gasteiger partial charge in [0, 0.05) is 19.2 Å². The zero-order valence-electron chi connectivity index (χ0n) is 13.9. The van der Waals surface area contributed by atoms with E-state index in [0.717, 1.165) is 11.4 Å². The lowest BCUT2D eigenvalue weighted by Crippen LogP contribution is -2.37. The molecule has 1 atom stereocenters. The quantitative estimate of drug-likeness (QED) is 0.739. The van der Waals surface area contributed by atoms with Crippen LogP contribution in [0.15, 0.2) is 42.5 Å². The molecular weight excluding hydrogens is 318 g/mol. The van der Waals surface area contributed by atoms with Crippen molar-refractivity contribution in [1.29, 1.82) is 0 Å². The molecule has 1 aliphatic rings. The Kier molecular flexibility index (Phi) is 3.49. The molecule has 0 spiro atoms. The van der Waals surface area contributed by atoms with Crippen LogP contribution in [0.25, 0.3) is 11.0 Å². The van der Waals surface area contributed by atoms with E-state index in [2.05, 4.69) is 15.4 Å². The van der Waals surface area contributed by atoms with Crippen molar-refractivity contribution >= 4 is 34.2 Å².